The van der Waals surface area contributed by atoms with Crippen LogP contribution in [0.4, 0.5) is 0 Å². The monoisotopic (exact) mass is 376 g/mol. The second-order valence-electron chi connectivity index (χ2n) is 6.96. The smallest absolute Gasteiger partial charge is 0.119 e. The highest BCUT2D eigenvalue weighted by molar-refractivity contribution is 7.18. The average Bonchev–Trinajstić information content (AvgIpc) is 3.18. The fourth-order valence-electron chi connectivity index (χ4n) is 3.00. The number of ether oxygens (including phenoxy) is 1. The van der Waals surface area contributed by atoms with Crippen LogP contribution in [0.5, 0.6) is 5.75 Å². The van der Waals surface area contributed by atoms with Gasteiger partial charge in [-0.2, -0.15) is 0 Å². The van der Waals surface area contributed by atoms with E-state index < -0.39 is 0 Å². The molecular weight excluding hydrogens is 348 g/mol. The number of hydrogen-bond acceptors (Lipinski definition) is 2. The topological polar surface area (TPSA) is 9.23 Å². The lowest BCUT2D eigenvalue weighted by atomic mass is 10.1. The van der Waals surface area contributed by atoms with E-state index in [9.17, 15) is 0 Å². The number of benzene rings is 2. The molecule has 1 nitrogen and oxygen atoms in total. The van der Waals surface area contributed by atoms with E-state index >= 15 is 0 Å². The Hall–Kier alpha value is -2.32. The normalized spacial score (nSPS) is 10.7. The molecule has 0 aliphatic rings. The van der Waals surface area contributed by atoms with Gasteiger partial charge in [0.1, 0.15) is 5.75 Å². The Kier molecular flexibility index (Phi) is 6.89. The Morgan fingerprint density at radius 1 is 0.815 bits per heavy atom. The van der Waals surface area contributed by atoms with E-state index in [2.05, 4.69) is 74.2 Å². The van der Waals surface area contributed by atoms with Gasteiger partial charge in [-0.1, -0.05) is 62.6 Å². The Bertz CT molecular complexity index is 856. The molecule has 2 aromatic carbocycles. The number of thiophene rings is 1. The van der Waals surface area contributed by atoms with Gasteiger partial charge in [-0.15, -0.1) is 11.3 Å². The number of allylic oxidation sites excluding steroid dienone is 1. The third-order valence-electron chi connectivity index (χ3n) is 4.67. The first-order chi connectivity index (χ1) is 13.2. The van der Waals surface area contributed by atoms with Gasteiger partial charge in [0.2, 0.25) is 0 Å². The van der Waals surface area contributed by atoms with Crippen LogP contribution in [0.2, 0.25) is 0 Å². The second-order valence-corrected chi connectivity index (χ2v) is 8.04. The fraction of sp³-hybridized carbons (Fsp3) is 0.280. The van der Waals surface area contributed by atoms with Crippen molar-refractivity contribution in [1.82, 2.24) is 0 Å². The van der Waals surface area contributed by atoms with E-state index in [4.69, 9.17) is 4.74 Å². The van der Waals surface area contributed by atoms with Crippen molar-refractivity contribution in [3.8, 4) is 26.6 Å². The van der Waals surface area contributed by atoms with Gasteiger partial charge in [0.05, 0.1) is 6.61 Å². The molecule has 0 N–H and O–H groups in total. The van der Waals surface area contributed by atoms with Gasteiger partial charge in [-0.3, -0.25) is 0 Å². The Balaban J connectivity index is 1.63. The van der Waals surface area contributed by atoms with Gasteiger partial charge in [-0.25, -0.2) is 0 Å². The lowest BCUT2D eigenvalue weighted by molar-refractivity contribution is 0.305. The third-order valence-corrected chi connectivity index (χ3v) is 5.86. The second kappa shape index (κ2) is 9.57. The summed E-state index contributed by atoms with van der Waals surface area (Å²) in [5.74, 6) is 0.961. The van der Waals surface area contributed by atoms with Gasteiger partial charge in [0.25, 0.3) is 0 Å². The minimum atomic E-state index is 0.808. The number of hydrogen-bond donors (Lipinski definition) is 0. The molecule has 0 saturated carbocycles. The van der Waals surface area contributed by atoms with E-state index in [1.54, 1.807) is 0 Å². The lowest BCUT2D eigenvalue weighted by Gasteiger charge is -2.06. The molecule has 0 atom stereocenters. The van der Waals surface area contributed by atoms with Crippen molar-refractivity contribution in [2.24, 2.45) is 0 Å². The maximum atomic E-state index is 5.84. The SMILES string of the molecule is C=C(C)c1ccc(-c2ccc(-c3ccc(OCCCCCC)cc3)s2)cc1. The molecule has 1 heterocycles. The molecule has 140 valence electrons. The highest BCUT2D eigenvalue weighted by Crippen LogP contribution is 2.35. The van der Waals surface area contributed by atoms with E-state index in [1.807, 2.05) is 18.3 Å². The highest BCUT2D eigenvalue weighted by Gasteiger charge is 2.06. The van der Waals surface area contributed by atoms with Gasteiger partial charge >= 0.3 is 0 Å². The molecular formula is C25H28OS. The average molecular weight is 377 g/mol. The lowest BCUT2D eigenvalue weighted by Crippen LogP contribution is -1.96. The summed E-state index contributed by atoms with van der Waals surface area (Å²) in [5, 5.41) is 0. The van der Waals surface area contributed by atoms with Crippen LogP contribution in [0.15, 0.2) is 67.2 Å². The summed E-state index contributed by atoms with van der Waals surface area (Å²) < 4.78 is 5.84. The standard InChI is InChI=1S/C25H28OS/c1-4-5-6-7-18-26-23-14-12-22(13-15-23)25-17-16-24(27-25)21-10-8-20(9-11-21)19(2)3/h8-17H,2,4-7,18H2,1,3H3. The van der Waals surface area contributed by atoms with Gasteiger partial charge in [0, 0.05) is 9.75 Å². The van der Waals surface area contributed by atoms with Crippen LogP contribution >= 0.6 is 11.3 Å². The van der Waals surface area contributed by atoms with Crippen LogP contribution in [0.25, 0.3) is 26.5 Å². The summed E-state index contributed by atoms with van der Waals surface area (Å²) >= 11 is 1.82. The third kappa shape index (κ3) is 5.33. The zero-order chi connectivity index (χ0) is 19.1. The molecule has 1 aromatic heterocycles. The zero-order valence-electron chi connectivity index (χ0n) is 16.3. The van der Waals surface area contributed by atoms with Crippen molar-refractivity contribution in [2.45, 2.75) is 39.5 Å². The number of rotatable bonds is 9. The molecule has 3 aromatic rings. The van der Waals surface area contributed by atoms with Crippen LogP contribution in [0, 0.1) is 0 Å². The van der Waals surface area contributed by atoms with Gasteiger partial charge in [-0.05, 0) is 66.4 Å². The summed E-state index contributed by atoms with van der Waals surface area (Å²) in [5.41, 5.74) is 4.79. The van der Waals surface area contributed by atoms with Gasteiger partial charge < -0.3 is 4.74 Å². The van der Waals surface area contributed by atoms with E-state index in [1.165, 1.54) is 45.7 Å². The molecule has 0 bridgehead atoms. The molecule has 0 aliphatic heterocycles. The van der Waals surface area contributed by atoms with Crippen LogP contribution in [-0.2, 0) is 0 Å². The summed E-state index contributed by atoms with van der Waals surface area (Å²) in [7, 11) is 0. The predicted molar refractivity (Wildman–Crippen MR) is 120 cm³/mol. The number of unbranched alkanes of at least 4 members (excludes halogenated alkanes) is 3. The van der Waals surface area contributed by atoms with E-state index in [-0.39, 0.29) is 0 Å². The molecule has 0 unspecified atom stereocenters. The largest absolute Gasteiger partial charge is 0.494 e. The van der Waals surface area contributed by atoms with E-state index in [0.29, 0.717) is 0 Å². The molecule has 0 saturated heterocycles. The fourth-order valence-corrected chi connectivity index (χ4v) is 4.02. The van der Waals surface area contributed by atoms with Crippen molar-refractivity contribution < 1.29 is 4.74 Å². The maximum absolute atomic E-state index is 5.84. The first-order valence-corrected chi connectivity index (χ1v) is 10.6. The van der Waals surface area contributed by atoms with Crippen molar-refractivity contribution in [1.29, 1.82) is 0 Å². The van der Waals surface area contributed by atoms with E-state index in [0.717, 1.165) is 24.4 Å². The molecule has 0 aliphatic carbocycles. The Morgan fingerprint density at radius 2 is 1.41 bits per heavy atom. The summed E-state index contributed by atoms with van der Waals surface area (Å²) in [4.78, 5) is 2.57. The first-order valence-electron chi connectivity index (χ1n) is 9.77. The highest BCUT2D eigenvalue weighted by atomic mass is 32.1. The summed E-state index contributed by atoms with van der Waals surface area (Å²) in [6.45, 7) is 9.08. The van der Waals surface area contributed by atoms with Crippen LogP contribution in [0.3, 0.4) is 0 Å². The Morgan fingerprint density at radius 3 is 1.96 bits per heavy atom. The molecule has 0 fully saturated rings. The molecule has 3 rings (SSSR count). The first kappa shape index (κ1) is 19.4. The van der Waals surface area contributed by atoms with Crippen LogP contribution in [0.1, 0.15) is 45.1 Å². The van der Waals surface area contributed by atoms with Crippen LogP contribution in [-0.4, -0.2) is 6.61 Å². The van der Waals surface area contributed by atoms with Crippen molar-refractivity contribution in [3.63, 3.8) is 0 Å². The molecule has 27 heavy (non-hydrogen) atoms. The minimum absolute atomic E-state index is 0.808. The molecule has 0 radical (unpaired) electrons. The summed E-state index contributed by atoms with van der Waals surface area (Å²) in [6.07, 6.45) is 4.93. The van der Waals surface area contributed by atoms with Crippen molar-refractivity contribution in [3.05, 3.63) is 72.8 Å². The van der Waals surface area contributed by atoms with Crippen molar-refractivity contribution >= 4 is 16.9 Å². The maximum Gasteiger partial charge on any atom is 0.119 e. The van der Waals surface area contributed by atoms with Crippen LogP contribution < -0.4 is 4.74 Å². The minimum Gasteiger partial charge on any atom is -0.494 e. The Labute approximate surface area is 167 Å². The molecule has 0 amide bonds. The molecule has 2 heteroatoms. The van der Waals surface area contributed by atoms with Crippen molar-refractivity contribution in [2.75, 3.05) is 6.61 Å². The zero-order valence-corrected chi connectivity index (χ0v) is 17.1. The summed E-state index contributed by atoms with van der Waals surface area (Å²) in [6, 6.07) is 21.5. The molecule has 0 spiro atoms. The quantitative estimate of drug-likeness (QED) is 0.343. The van der Waals surface area contributed by atoms with Gasteiger partial charge in [0.15, 0.2) is 0 Å². The predicted octanol–water partition coefficient (Wildman–Crippen LogP) is 8.07.